The third-order valence-electron chi connectivity index (χ3n) is 3.03. The Morgan fingerprint density at radius 2 is 2.15 bits per heavy atom. The highest BCUT2D eigenvalue weighted by molar-refractivity contribution is 5.81. The van der Waals surface area contributed by atoms with Crippen LogP contribution in [0.5, 0.6) is 5.75 Å². The number of benzene rings is 1. The van der Waals surface area contributed by atoms with Crippen molar-refractivity contribution in [1.29, 1.82) is 0 Å². The highest BCUT2D eigenvalue weighted by atomic mass is 16.5. The third kappa shape index (κ3) is 6.57. The number of unbranched alkanes of at least 4 members (excludes halogenated alkanes) is 1. The van der Waals surface area contributed by atoms with Crippen LogP contribution in [0.3, 0.4) is 0 Å². The maximum absolute atomic E-state index is 11.7. The molecule has 1 amide bonds. The molecular formula is C16H26N2O2. The Bertz CT molecular complexity index is 407. The molecule has 4 heteroatoms. The molecule has 0 saturated heterocycles. The van der Waals surface area contributed by atoms with Crippen LogP contribution in [-0.4, -0.2) is 31.6 Å². The van der Waals surface area contributed by atoms with Gasteiger partial charge in [-0.1, -0.05) is 25.5 Å². The van der Waals surface area contributed by atoms with E-state index in [0.717, 1.165) is 25.1 Å². The smallest absolute Gasteiger partial charge is 0.236 e. The predicted octanol–water partition coefficient (Wildman–Crippen LogP) is 2.27. The van der Waals surface area contributed by atoms with E-state index in [-0.39, 0.29) is 11.9 Å². The monoisotopic (exact) mass is 278 g/mol. The lowest BCUT2D eigenvalue weighted by Gasteiger charge is -2.14. The van der Waals surface area contributed by atoms with Gasteiger partial charge in [-0.2, -0.15) is 0 Å². The molecule has 0 radical (unpaired) electrons. The van der Waals surface area contributed by atoms with Crippen LogP contribution >= 0.6 is 0 Å². The van der Waals surface area contributed by atoms with E-state index in [1.807, 2.05) is 38.1 Å². The molecule has 0 heterocycles. The highest BCUT2D eigenvalue weighted by Crippen LogP contribution is 2.11. The van der Waals surface area contributed by atoms with Gasteiger partial charge in [-0.25, -0.2) is 0 Å². The van der Waals surface area contributed by atoms with Crippen LogP contribution in [0.15, 0.2) is 24.3 Å². The van der Waals surface area contributed by atoms with Crippen molar-refractivity contribution in [2.45, 2.75) is 39.7 Å². The van der Waals surface area contributed by atoms with E-state index in [1.54, 1.807) is 0 Å². The molecule has 1 atom stereocenters. The van der Waals surface area contributed by atoms with Crippen molar-refractivity contribution in [3.05, 3.63) is 29.8 Å². The van der Waals surface area contributed by atoms with Crippen LogP contribution in [0, 0.1) is 6.92 Å². The van der Waals surface area contributed by atoms with Crippen molar-refractivity contribution in [3.8, 4) is 5.75 Å². The lowest BCUT2D eigenvalue weighted by Crippen LogP contribution is -2.43. The molecular weight excluding hydrogens is 252 g/mol. The zero-order valence-corrected chi connectivity index (χ0v) is 12.7. The number of ether oxygens (including phenoxy) is 1. The van der Waals surface area contributed by atoms with Gasteiger partial charge in [-0.05, 0) is 38.0 Å². The van der Waals surface area contributed by atoms with Crippen molar-refractivity contribution in [2.24, 2.45) is 0 Å². The molecule has 1 unspecified atom stereocenters. The average molecular weight is 278 g/mol. The fourth-order valence-electron chi connectivity index (χ4n) is 1.78. The van der Waals surface area contributed by atoms with Crippen molar-refractivity contribution < 1.29 is 9.53 Å². The quantitative estimate of drug-likeness (QED) is 0.681. The minimum atomic E-state index is -0.187. The first-order valence-corrected chi connectivity index (χ1v) is 7.34. The van der Waals surface area contributed by atoms with Crippen LogP contribution in [-0.2, 0) is 4.79 Å². The van der Waals surface area contributed by atoms with E-state index in [4.69, 9.17) is 4.74 Å². The Labute approximate surface area is 121 Å². The molecule has 0 spiro atoms. The Hall–Kier alpha value is -1.55. The first-order chi connectivity index (χ1) is 9.63. The molecule has 112 valence electrons. The van der Waals surface area contributed by atoms with Gasteiger partial charge in [0.15, 0.2) is 0 Å². The van der Waals surface area contributed by atoms with Crippen LogP contribution in [0.4, 0.5) is 0 Å². The second kappa shape index (κ2) is 9.37. The standard InChI is InChI=1S/C16H26N2O2/c1-4-5-9-18-16(19)14(3)17-10-11-20-15-8-6-7-13(2)12-15/h6-8,12,14,17H,4-5,9-11H2,1-3H3,(H,18,19). The van der Waals surface area contributed by atoms with E-state index >= 15 is 0 Å². The van der Waals surface area contributed by atoms with E-state index in [2.05, 4.69) is 17.6 Å². The molecule has 0 fully saturated rings. The van der Waals surface area contributed by atoms with Gasteiger partial charge in [-0.15, -0.1) is 0 Å². The summed E-state index contributed by atoms with van der Waals surface area (Å²) in [7, 11) is 0. The number of hydrogen-bond donors (Lipinski definition) is 2. The van der Waals surface area contributed by atoms with Gasteiger partial charge < -0.3 is 15.4 Å². The summed E-state index contributed by atoms with van der Waals surface area (Å²) >= 11 is 0. The van der Waals surface area contributed by atoms with Crippen molar-refractivity contribution in [1.82, 2.24) is 10.6 Å². The van der Waals surface area contributed by atoms with Crippen LogP contribution in [0.25, 0.3) is 0 Å². The zero-order chi connectivity index (χ0) is 14.8. The number of hydrogen-bond acceptors (Lipinski definition) is 3. The molecule has 1 aromatic rings. The topological polar surface area (TPSA) is 50.4 Å². The minimum absolute atomic E-state index is 0.0500. The second-order valence-electron chi connectivity index (χ2n) is 4.99. The molecule has 1 rings (SSSR count). The van der Waals surface area contributed by atoms with Crippen molar-refractivity contribution >= 4 is 5.91 Å². The minimum Gasteiger partial charge on any atom is -0.492 e. The summed E-state index contributed by atoms with van der Waals surface area (Å²) in [6.07, 6.45) is 2.11. The zero-order valence-electron chi connectivity index (χ0n) is 12.7. The summed E-state index contributed by atoms with van der Waals surface area (Å²) in [6.45, 7) is 7.96. The summed E-state index contributed by atoms with van der Waals surface area (Å²) in [5.41, 5.74) is 1.18. The molecule has 2 N–H and O–H groups in total. The molecule has 4 nitrogen and oxygen atoms in total. The predicted molar refractivity (Wildman–Crippen MR) is 82.1 cm³/mol. The Morgan fingerprint density at radius 1 is 1.35 bits per heavy atom. The number of aryl methyl sites for hydroxylation is 1. The first-order valence-electron chi connectivity index (χ1n) is 7.34. The number of nitrogens with one attached hydrogen (secondary N) is 2. The summed E-state index contributed by atoms with van der Waals surface area (Å²) in [6, 6.07) is 7.76. The van der Waals surface area contributed by atoms with Crippen molar-refractivity contribution in [3.63, 3.8) is 0 Å². The Balaban J connectivity index is 2.15. The third-order valence-corrected chi connectivity index (χ3v) is 3.03. The number of carbonyl (C=O) groups excluding carboxylic acids is 1. The second-order valence-corrected chi connectivity index (χ2v) is 4.99. The van der Waals surface area contributed by atoms with Crippen molar-refractivity contribution in [2.75, 3.05) is 19.7 Å². The molecule has 0 saturated carbocycles. The van der Waals surface area contributed by atoms with Gasteiger partial charge in [0.2, 0.25) is 5.91 Å². The van der Waals surface area contributed by atoms with Gasteiger partial charge in [0.05, 0.1) is 6.04 Å². The van der Waals surface area contributed by atoms with Crippen LogP contribution < -0.4 is 15.4 Å². The maximum atomic E-state index is 11.7. The van der Waals surface area contributed by atoms with E-state index in [9.17, 15) is 4.79 Å². The molecule has 0 bridgehead atoms. The van der Waals surface area contributed by atoms with E-state index in [0.29, 0.717) is 13.2 Å². The van der Waals surface area contributed by atoms with Gasteiger partial charge in [0.1, 0.15) is 12.4 Å². The largest absolute Gasteiger partial charge is 0.492 e. The maximum Gasteiger partial charge on any atom is 0.236 e. The SMILES string of the molecule is CCCCNC(=O)C(C)NCCOc1cccc(C)c1. The number of carbonyl (C=O) groups is 1. The number of amides is 1. The van der Waals surface area contributed by atoms with Gasteiger partial charge in [-0.3, -0.25) is 4.79 Å². The summed E-state index contributed by atoms with van der Waals surface area (Å²) in [4.78, 5) is 11.7. The summed E-state index contributed by atoms with van der Waals surface area (Å²) in [5, 5.41) is 6.06. The van der Waals surface area contributed by atoms with Gasteiger partial charge in [0.25, 0.3) is 0 Å². The Kier molecular flexibility index (Phi) is 7.73. The van der Waals surface area contributed by atoms with Gasteiger partial charge in [0, 0.05) is 13.1 Å². The molecule has 20 heavy (non-hydrogen) atoms. The fourth-order valence-corrected chi connectivity index (χ4v) is 1.78. The van der Waals surface area contributed by atoms with Crippen LogP contribution in [0.1, 0.15) is 32.3 Å². The van der Waals surface area contributed by atoms with E-state index < -0.39 is 0 Å². The molecule has 0 aliphatic heterocycles. The lowest BCUT2D eigenvalue weighted by molar-refractivity contribution is -0.122. The molecule has 0 aromatic heterocycles. The normalized spacial score (nSPS) is 11.9. The first kappa shape index (κ1) is 16.5. The molecule has 1 aromatic carbocycles. The average Bonchev–Trinajstić information content (AvgIpc) is 2.43. The summed E-state index contributed by atoms with van der Waals surface area (Å²) < 4.78 is 5.62. The Morgan fingerprint density at radius 3 is 2.85 bits per heavy atom. The lowest BCUT2D eigenvalue weighted by atomic mass is 10.2. The van der Waals surface area contributed by atoms with Crippen LogP contribution in [0.2, 0.25) is 0 Å². The summed E-state index contributed by atoms with van der Waals surface area (Å²) in [5.74, 6) is 0.917. The highest BCUT2D eigenvalue weighted by Gasteiger charge is 2.10. The molecule has 0 aliphatic rings. The van der Waals surface area contributed by atoms with Gasteiger partial charge >= 0.3 is 0 Å². The number of rotatable bonds is 9. The van der Waals surface area contributed by atoms with E-state index in [1.165, 1.54) is 5.56 Å². The molecule has 0 aliphatic carbocycles. The fraction of sp³-hybridized carbons (Fsp3) is 0.562.